The van der Waals surface area contributed by atoms with Crippen LogP contribution in [0.25, 0.3) is 11.1 Å². The number of allylic oxidation sites excluding steroid dienone is 1. The monoisotopic (exact) mass is 544 g/mol. The maximum atomic E-state index is 12.6. The first-order chi connectivity index (χ1) is 20.0. The molecule has 0 aromatic heterocycles. The third kappa shape index (κ3) is 7.20. The van der Waals surface area contributed by atoms with Crippen molar-refractivity contribution in [1.82, 2.24) is 10.2 Å². The van der Waals surface area contributed by atoms with Gasteiger partial charge in [0.1, 0.15) is 0 Å². The van der Waals surface area contributed by atoms with Gasteiger partial charge in [0.15, 0.2) is 0 Å². The number of piperidine rings is 1. The van der Waals surface area contributed by atoms with Gasteiger partial charge in [0.05, 0.1) is 17.7 Å². The molecular formula is C36H40N4O. The van der Waals surface area contributed by atoms with Gasteiger partial charge in [0.25, 0.3) is 5.91 Å². The Morgan fingerprint density at radius 1 is 1.00 bits per heavy atom. The predicted molar refractivity (Wildman–Crippen MR) is 167 cm³/mol. The number of nitrogens with one attached hydrogen (secondary N) is 1. The van der Waals surface area contributed by atoms with E-state index in [-0.39, 0.29) is 11.9 Å². The van der Waals surface area contributed by atoms with E-state index in [9.17, 15) is 4.79 Å². The molecule has 0 spiro atoms. The Kier molecular flexibility index (Phi) is 9.44. The van der Waals surface area contributed by atoms with Crippen molar-refractivity contribution < 1.29 is 4.79 Å². The standard InChI is InChI=1S/C36H40N4O/c1-26(2)9-18-34-32-7-3-4-8-33(32)35(39-34)30-19-23-40(24-20-30)22-6-5-21-38-36(41)31-16-14-29(15-17-31)28-12-10-27(25-37)11-13-28/h3-4,7-8,10-17,30,34H,1,5-6,9,18-24H2,2H3,(H,38,41). The number of nitrogens with zero attached hydrogens (tertiary/aromatic N) is 3. The van der Waals surface area contributed by atoms with E-state index in [0.717, 1.165) is 69.3 Å². The van der Waals surface area contributed by atoms with Crippen LogP contribution in [-0.2, 0) is 0 Å². The van der Waals surface area contributed by atoms with Crippen molar-refractivity contribution in [2.75, 3.05) is 26.2 Å². The summed E-state index contributed by atoms with van der Waals surface area (Å²) in [5, 5.41) is 12.0. The number of unbranched alkanes of at least 4 members (excludes halogenated alkanes) is 1. The first-order valence-corrected chi connectivity index (χ1v) is 14.9. The second kappa shape index (κ2) is 13.6. The maximum Gasteiger partial charge on any atom is 0.251 e. The van der Waals surface area contributed by atoms with E-state index in [1.165, 1.54) is 22.4 Å². The largest absolute Gasteiger partial charge is 0.352 e. The van der Waals surface area contributed by atoms with Crippen molar-refractivity contribution in [3.8, 4) is 17.2 Å². The fourth-order valence-electron chi connectivity index (χ4n) is 6.00. The molecule has 3 aromatic carbocycles. The fourth-order valence-corrected chi connectivity index (χ4v) is 6.00. The van der Waals surface area contributed by atoms with Crippen molar-refractivity contribution in [2.24, 2.45) is 10.9 Å². The van der Waals surface area contributed by atoms with E-state index < -0.39 is 0 Å². The van der Waals surface area contributed by atoms with Gasteiger partial charge in [-0.05, 0) is 106 Å². The highest BCUT2D eigenvalue weighted by molar-refractivity contribution is 6.05. The average Bonchev–Trinajstić information content (AvgIpc) is 3.39. The number of amides is 1. The lowest BCUT2D eigenvalue weighted by atomic mass is 9.87. The van der Waals surface area contributed by atoms with Crippen LogP contribution in [0.2, 0.25) is 0 Å². The van der Waals surface area contributed by atoms with E-state index in [2.05, 4.69) is 54.1 Å². The second-order valence-electron chi connectivity index (χ2n) is 11.5. The molecule has 2 aliphatic heterocycles. The number of nitriles is 1. The maximum absolute atomic E-state index is 12.6. The Balaban J connectivity index is 1.02. The summed E-state index contributed by atoms with van der Waals surface area (Å²) in [7, 11) is 0. The van der Waals surface area contributed by atoms with Crippen molar-refractivity contribution in [1.29, 1.82) is 5.26 Å². The van der Waals surface area contributed by atoms with Crippen molar-refractivity contribution in [3.05, 3.63) is 107 Å². The van der Waals surface area contributed by atoms with Crippen LogP contribution in [0.3, 0.4) is 0 Å². The van der Waals surface area contributed by atoms with Gasteiger partial charge in [0, 0.05) is 29.3 Å². The number of fused-ring (bicyclic) bond motifs is 1. The normalized spacial score (nSPS) is 17.0. The third-order valence-electron chi connectivity index (χ3n) is 8.39. The zero-order valence-corrected chi connectivity index (χ0v) is 24.1. The first-order valence-electron chi connectivity index (χ1n) is 14.9. The van der Waals surface area contributed by atoms with Crippen molar-refractivity contribution in [3.63, 3.8) is 0 Å². The summed E-state index contributed by atoms with van der Waals surface area (Å²) in [4.78, 5) is 20.4. The SMILES string of the molecule is C=C(C)CCC1N=C(C2CCN(CCCCNC(=O)c3ccc(-c4ccc(C#N)cc4)cc3)CC2)c2ccccc21. The molecule has 0 bridgehead atoms. The molecule has 2 aliphatic rings. The fraction of sp³-hybridized carbons (Fsp3) is 0.361. The zero-order chi connectivity index (χ0) is 28.6. The summed E-state index contributed by atoms with van der Waals surface area (Å²) in [6, 6.07) is 26.4. The molecule has 1 atom stereocenters. The number of hydrogen-bond acceptors (Lipinski definition) is 4. The minimum atomic E-state index is -0.0311. The summed E-state index contributed by atoms with van der Waals surface area (Å²) < 4.78 is 0. The Morgan fingerprint density at radius 3 is 2.37 bits per heavy atom. The number of benzene rings is 3. The number of rotatable bonds is 11. The molecular weight excluding hydrogens is 504 g/mol. The molecule has 1 unspecified atom stereocenters. The highest BCUT2D eigenvalue weighted by Crippen LogP contribution is 2.37. The van der Waals surface area contributed by atoms with Gasteiger partial charge < -0.3 is 10.2 Å². The van der Waals surface area contributed by atoms with Crippen LogP contribution in [0.15, 0.2) is 89.9 Å². The second-order valence-corrected chi connectivity index (χ2v) is 11.5. The van der Waals surface area contributed by atoms with Gasteiger partial charge in [-0.25, -0.2) is 0 Å². The van der Waals surface area contributed by atoms with Crippen molar-refractivity contribution in [2.45, 2.75) is 51.5 Å². The molecule has 0 saturated carbocycles. The molecule has 210 valence electrons. The summed E-state index contributed by atoms with van der Waals surface area (Å²) >= 11 is 0. The van der Waals surface area contributed by atoms with Crippen molar-refractivity contribution >= 4 is 11.6 Å². The minimum absolute atomic E-state index is 0.0311. The molecule has 0 radical (unpaired) electrons. The molecule has 5 rings (SSSR count). The minimum Gasteiger partial charge on any atom is -0.352 e. The Morgan fingerprint density at radius 2 is 1.68 bits per heavy atom. The van der Waals surface area contributed by atoms with Gasteiger partial charge in [-0.1, -0.05) is 54.1 Å². The quantitative estimate of drug-likeness (QED) is 0.203. The summed E-state index contributed by atoms with van der Waals surface area (Å²) in [6.07, 6.45) is 6.45. The van der Waals surface area contributed by atoms with Gasteiger partial charge in [-0.3, -0.25) is 9.79 Å². The Hall–Kier alpha value is -4.01. The molecule has 5 heteroatoms. The molecule has 41 heavy (non-hydrogen) atoms. The molecule has 1 N–H and O–H groups in total. The van der Waals surface area contributed by atoms with Crippen LogP contribution in [0.4, 0.5) is 0 Å². The number of carbonyl (C=O) groups is 1. The van der Waals surface area contributed by atoms with Crippen LogP contribution >= 0.6 is 0 Å². The van der Waals surface area contributed by atoms with E-state index >= 15 is 0 Å². The first kappa shape index (κ1) is 28.5. The van der Waals surface area contributed by atoms with Crippen LogP contribution in [-0.4, -0.2) is 42.7 Å². The molecule has 3 aromatic rings. The summed E-state index contributed by atoms with van der Waals surface area (Å²) in [6.45, 7) is 10.2. The Labute approximate surface area is 244 Å². The highest BCUT2D eigenvalue weighted by Gasteiger charge is 2.31. The molecule has 1 saturated heterocycles. The number of hydrogen-bond donors (Lipinski definition) is 1. The van der Waals surface area contributed by atoms with Crippen LogP contribution in [0, 0.1) is 17.2 Å². The summed E-state index contributed by atoms with van der Waals surface area (Å²) in [5.41, 5.74) is 8.71. The van der Waals surface area contributed by atoms with Gasteiger partial charge in [-0.15, -0.1) is 6.58 Å². The molecule has 1 fully saturated rings. The van der Waals surface area contributed by atoms with Crippen LogP contribution in [0.1, 0.15) is 78.5 Å². The molecule has 2 heterocycles. The highest BCUT2D eigenvalue weighted by atomic mass is 16.1. The van der Waals surface area contributed by atoms with E-state index in [0.29, 0.717) is 23.6 Å². The Bertz CT molecular complexity index is 1420. The number of likely N-dealkylation sites (tertiary alicyclic amines) is 1. The molecule has 1 amide bonds. The zero-order valence-electron chi connectivity index (χ0n) is 24.1. The third-order valence-corrected chi connectivity index (χ3v) is 8.39. The lowest BCUT2D eigenvalue weighted by Gasteiger charge is -2.32. The molecule has 0 aliphatic carbocycles. The van der Waals surface area contributed by atoms with Gasteiger partial charge >= 0.3 is 0 Å². The number of carbonyl (C=O) groups excluding carboxylic acids is 1. The lowest BCUT2D eigenvalue weighted by Crippen LogP contribution is -2.37. The topological polar surface area (TPSA) is 68.5 Å². The molecule has 5 nitrogen and oxygen atoms in total. The van der Waals surface area contributed by atoms with E-state index in [4.69, 9.17) is 10.3 Å². The van der Waals surface area contributed by atoms with Gasteiger partial charge in [-0.2, -0.15) is 5.26 Å². The van der Waals surface area contributed by atoms with Crippen LogP contribution < -0.4 is 5.32 Å². The predicted octanol–water partition coefficient (Wildman–Crippen LogP) is 7.35. The van der Waals surface area contributed by atoms with Crippen LogP contribution in [0.5, 0.6) is 0 Å². The summed E-state index contributed by atoms with van der Waals surface area (Å²) in [5.74, 6) is 0.515. The number of aliphatic imine (C=N–C) groups is 1. The van der Waals surface area contributed by atoms with E-state index in [1.807, 2.05) is 48.5 Å². The average molecular weight is 545 g/mol. The smallest absolute Gasteiger partial charge is 0.251 e. The van der Waals surface area contributed by atoms with Gasteiger partial charge in [0.2, 0.25) is 0 Å². The van der Waals surface area contributed by atoms with E-state index in [1.54, 1.807) is 0 Å². The lowest BCUT2D eigenvalue weighted by molar-refractivity contribution is 0.0952.